The molecule has 1 unspecified atom stereocenters. The van der Waals surface area contributed by atoms with Crippen molar-refractivity contribution in [2.45, 2.75) is 51.0 Å². The van der Waals surface area contributed by atoms with Crippen LogP contribution in [0.1, 0.15) is 44.9 Å². The zero-order valence-electron chi connectivity index (χ0n) is 15.5. The summed E-state index contributed by atoms with van der Waals surface area (Å²) < 4.78 is 13.2. The first-order chi connectivity index (χ1) is 13.0. The molecule has 148 valence electrons. The molecule has 0 bridgehead atoms. The summed E-state index contributed by atoms with van der Waals surface area (Å²) in [5.41, 5.74) is 0.468. The van der Waals surface area contributed by atoms with Crippen LogP contribution < -0.4 is 10.6 Å². The van der Waals surface area contributed by atoms with Gasteiger partial charge in [-0.3, -0.25) is 14.5 Å². The Morgan fingerprint density at radius 1 is 1.15 bits per heavy atom. The number of benzene rings is 1. The quantitative estimate of drug-likeness (QED) is 0.801. The SMILES string of the molecule is O=C(CN1CCCC(C(=O)NC2CCCCC2)C1)Nc1ccc(F)c(Cl)c1. The molecule has 2 N–H and O–H groups in total. The number of rotatable bonds is 5. The van der Waals surface area contributed by atoms with Crippen LogP contribution >= 0.6 is 11.6 Å². The van der Waals surface area contributed by atoms with Crippen LogP contribution in [0.5, 0.6) is 0 Å². The van der Waals surface area contributed by atoms with Gasteiger partial charge in [-0.2, -0.15) is 0 Å². The molecule has 0 radical (unpaired) electrons. The maximum atomic E-state index is 13.2. The Morgan fingerprint density at radius 2 is 1.93 bits per heavy atom. The predicted octanol–water partition coefficient (Wildman–Crippen LogP) is 3.58. The second kappa shape index (κ2) is 9.51. The fraction of sp³-hybridized carbons (Fsp3) is 0.600. The third-order valence-electron chi connectivity index (χ3n) is 5.40. The first-order valence-corrected chi connectivity index (χ1v) is 10.2. The molecule has 1 aromatic rings. The minimum atomic E-state index is -0.516. The number of halogens is 2. The Bertz CT molecular complexity index is 679. The number of carbonyl (C=O) groups excluding carboxylic acids is 2. The zero-order valence-corrected chi connectivity index (χ0v) is 16.2. The third-order valence-corrected chi connectivity index (χ3v) is 5.69. The highest BCUT2D eigenvalue weighted by atomic mass is 35.5. The van der Waals surface area contributed by atoms with Crippen molar-refractivity contribution in [1.82, 2.24) is 10.2 Å². The van der Waals surface area contributed by atoms with Gasteiger partial charge in [0.25, 0.3) is 0 Å². The lowest BCUT2D eigenvalue weighted by Gasteiger charge is -2.33. The highest BCUT2D eigenvalue weighted by molar-refractivity contribution is 6.31. The van der Waals surface area contributed by atoms with Crippen molar-refractivity contribution in [3.05, 3.63) is 29.0 Å². The van der Waals surface area contributed by atoms with Crippen molar-refractivity contribution in [3.8, 4) is 0 Å². The summed E-state index contributed by atoms with van der Waals surface area (Å²) >= 11 is 5.74. The van der Waals surface area contributed by atoms with E-state index in [0.29, 0.717) is 18.3 Å². The van der Waals surface area contributed by atoms with E-state index >= 15 is 0 Å². The molecule has 1 aromatic carbocycles. The van der Waals surface area contributed by atoms with Gasteiger partial charge in [0.2, 0.25) is 11.8 Å². The smallest absolute Gasteiger partial charge is 0.238 e. The van der Waals surface area contributed by atoms with E-state index in [-0.39, 0.29) is 29.3 Å². The number of hydrogen-bond donors (Lipinski definition) is 2. The molecule has 1 aliphatic heterocycles. The number of amides is 2. The number of likely N-dealkylation sites (tertiary alicyclic amines) is 1. The van der Waals surface area contributed by atoms with Crippen molar-refractivity contribution in [2.24, 2.45) is 5.92 Å². The van der Waals surface area contributed by atoms with E-state index in [9.17, 15) is 14.0 Å². The van der Waals surface area contributed by atoms with Gasteiger partial charge in [0, 0.05) is 18.3 Å². The topological polar surface area (TPSA) is 61.4 Å². The summed E-state index contributed by atoms with van der Waals surface area (Å²) in [6, 6.07) is 4.42. The van der Waals surface area contributed by atoms with Gasteiger partial charge >= 0.3 is 0 Å². The standard InChI is InChI=1S/C20H27ClFN3O2/c21-17-11-16(8-9-18(17)22)23-19(26)13-25-10-4-5-14(12-25)20(27)24-15-6-2-1-3-7-15/h8-9,11,14-15H,1-7,10,12-13H2,(H,23,26)(H,24,27). The molecule has 1 aliphatic carbocycles. The molecular weight excluding hydrogens is 369 g/mol. The second-order valence-corrected chi connectivity index (χ2v) is 8.00. The Hall–Kier alpha value is -1.66. The van der Waals surface area contributed by atoms with Gasteiger partial charge in [0.1, 0.15) is 5.82 Å². The summed E-state index contributed by atoms with van der Waals surface area (Å²) in [6.45, 7) is 1.60. The molecule has 5 nitrogen and oxygen atoms in total. The van der Waals surface area contributed by atoms with E-state index in [2.05, 4.69) is 10.6 Å². The van der Waals surface area contributed by atoms with Gasteiger partial charge in [-0.15, -0.1) is 0 Å². The highest BCUT2D eigenvalue weighted by Gasteiger charge is 2.28. The van der Waals surface area contributed by atoms with E-state index in [1.807, 2.05) is 4.90 Å². The molecule has 3 rings (SSSR count). The number of hydrogen-bond acceptors (Lipinski definition) is 3. The Kier molecular flexibility index (Phi) is 7.07. The Balaban J connectivity index is 1.47. The average molecular weight is 396 g/mol. The van der Waals surface area contributed by atoms with E-state index in [4.69, 9.17) is 11.6 Å². The van der Waals surface area contributed by atoms with E-state index < -0.39 is 5.82 Å². The summed E-state index contributed by atoms with van der Waals surface area (Å²) in [5, 5.41) is 5.91. The first kappa shape index (κ1) is 20.1. The molecule has 1 saturated carbocycles. The van der Waals surface area contributed by atoms with E-state index in [1.54, 1.807) is 0 Å². The average Bonchev–Trinajstić information content (AvgIpc) is 2.66. The number of nitrogens with one attached hydrogen (secondary N) is 2. The van der Waals surface area contributed by atoms with Gasteiger partial charge in [-0.1, -0.05) is 30.9 Å². The van der Waals surface area contributed by atoms with Crippen molar-refractivity contribution in [3.63, 3.8) is 0 Å². The van der Waals surface area contributed by atoms with Crippen LogP contribution in [0, 0.1) is 11.7 Å². The minimum absolute atomic E-state index is 0.0229. The second-order valence-electron chi connectivity index (χ2n) is 7.59. The van der Waals surface area contributed by atoms with Crippen LogP contribution in [0.3, 0.4) is 0 Å². The van der Waals surface area contributed by atoms with E-state index in [0.717, 1.165) is 32.2 Å². The lowest BCUT2D eigenvalue weighted by atomic mass is 9.93. The van der Waals surface area contributed by atoms with Crippen LogP contribution in [0.4, 0.5) is 10.1 Å². The predicted molar refractivity (Wildman–Crippen MR) is 104 cm³/mol. The van der Waals surface area contributed by atoms with Crippen LogP contribution in [0.2, 0.25) is 5.02 Å². The molecule has 1 saturated heterocycles. The summed E-state index contributed by atoms with van der Waals surface area (Å²) in [6.07, 6.45) is 7.56. The fourth-order valence-corrected chi connectivity index (χ4v) is 4.14. The summed E-state index contributed by atoms with van der Waals surface area (Å²) in [5.74, 6) is -0.644. The van der Waals surface area contributed by atoms with Crippen molar-refractivity contribution < 1.29 is 14.0 Å². The van der Waals surface area contributed by atoms with Crippen molar-refractivity contribution in [1.29, 1.82) is 0 Å². The van der Waals surface area contributed by atoms with Crippen LogP contribution in [0.15, 0.2) is 18.2 Å². The fourth-order valence-electron chi connectivity index (χ4n) is 3.96. The van der Waals surface area contributed by atoms with Gasteiger partial charge in [0.05, 0.1) is 17.5 Å². The third kappa shape index (κ3) is 5.91. The maximum absolute atomic E-state index is 13.2. The molecule has 1 heterocycles. The lowest BCUT2D eigenvalue weighted by Crippen LogP contribution is -2.47. The molecule has 2 fully saturated rings. The number of nitrogens with zero attached hydrogens (tertiary/aromatic N) is 1. The molecule has 2 amide bonds. The number of piperidine rings is 1. The number of anilines is 1. The van der Waals surface area contributed by atoms with Gasteiger partial charge in [0.15, 0.2) is 0 Å². The van der Waals surface area contributed by atoms with Gasteiger partial charge < -0.3 is 10.6 Å². The van der Waals surface area contributed by atoms with Crippen molar-refractivity contribution >= 4 is 29.1 Å². The zero-order chi connectivity index (χ0) is 19.2. The Morgan fingerprint density at radius 3 is 2.67 bits per heavy atom. The molecule has 0 aromatic heterocycles. The minimum Gasteiger partial charge on any atom is -0.353 e. The van der Waals surface area contributed by atoms with Crippen LogP contribution in [-0.4, -0.2) is 42.4 Å². The molecule has 1 atom stereocenters. The monoisotopic (exact) mass is 395 g/mol. The summed E-state index contributed by atoms with van der Waals surface area (Å²) in [4.78, 5) is 26.9. The first-order valence-electron chi connectivity index (χ1n) is 9.79. The molecule has 0 spiro atoms. The molecular formula is C20H27ClFN3O2. The molecule has 27 heavy (non-hydrogen) atoms. The highest BCUT2D eigenvalue weighted by Crippen LogP contribution is 2.22. The Labute approximate surface area is 164 Å². The largest absolute Gasteiger partial charge is 0.353 e. The van der Waals surface area contributed by atoms with Crippen LogP contribution in [-0.2, 0) is 9.59 Å². The summed E-state index contributed by atoms with van der Waals surface area (Å²) in [7, 11) is 0. The maximum Gasteiger partial charge on any atom is 0.238 e. The molecule has 2 aliphatic rings. The van der Waals surface area contributed by atoms with E-state index in [1.165, 1.54) is 37.5 Å². The van der Waals surface area contributed by atoms with Gasteiger partial charge in [-0.25, -0.2) is 4.39 Å². The van der Waals surface area contributed by atoms with Gasteiger partial charge in [-0.05, 0) is 50.4 Å². The van der Waals surface area contributed by atoms with Crippen molar-refractivity contribution in [2.75, 3.05) is 25.0 Å². The number of carbonyl (C=O) groups is 2. The molecule has 7 heteroatoms. The normalized spacial score (nSPS) is 21.6. The lowest BCUT2D eigenvalue weighted by molar-refractivity contribution is -0.128. The van der Waals surface area contributed by atoms with Crippen LogP contribution in [0.25, 0.3) is 0 Å².